The summed E-state index contributed by atoms with van der Waals surface area (Å²) in [5.74, 6) is 0.156. The lowest BCUT2D eigenvalue weighted by Gasteiger charge is -2.40. The molecule has 0 aromatic heterocycles. The average Bonchev–Trinajstić information content (AvgIpc) is 2.76. The van der Waals surface area contributed by atoms with Crippen LogP contribution >= 0.6 is 0 Å². The summed E-state index contributed by atoms with van der Waals surface area (Å²) in [7, 11) is 0. The Morgan fingerprint density at radius 2 is 1.45 bits per heavy atom. The number of para-hydroxylation sites is 1. The first-order chi connectivity index (χ1) is 14.0. The van der Waals surface area contributed by atoms with Gasteiger partial charge in [-0.05, 0) is 56.0 Å². The van der Waals surface area contributed by atoms with Crippen LogP contribution in [0.4, 0.5) is 15.8 Å². The number of anilines is 2. The van der Waals surface area contributed by atoms with E-state index in [-0.39, 0.29) is 17.6 Å². The smallest absolute Gasteiger partial charge is 0.225 e. The van der Waals surface area contributed by atoms with Gasteiger partial charge in [-0.3, -0.25) is 4.79 Å². The summed E-state index contributed by atoms with van der Waals surface area (Å²) >= 11 is 0. The summed E-state index contributed by atoms with van der Waals surface area (Å²) in [6.45, 7) is 9.10. The van der Waals surface area contributed by atoms with E-state index < -0.39 is 0 Å². The highest BCUT2D eigenvalue weighted by molar-refractivity contribution is 5.79. The molecule has 0 saturated carbocycles. The molecule has 0 bridgehead atoms. The third-order valence-electron chi connectivity index (χ3n) is 6.55. The third-order valence-corrected chi connectivity index (χ3v) is 6.55. The van der Waals surface area contributed by atoms with Gasteiger partial charge < -0.3 is 14.7 Å². The molecule has 0 unspecified atom stereocenters. The lowest BCUT2D eigenvalue weighted by molar-refractivity contribution is -0.136. The molecular formula is C24H30FN3O. The Kier molecular flexibility index (Phi) is 5.74. The fraction of sp³-hybridized carbons (Fsp3) is 0.458. The average molecular weight is 396 g/mol. The van der Waals surface area contributed by atoms with Gasteiger partial charge in [0.15, 0.2) is 0 Å². The van der Waals surface area contributed by atoms with E-state index in [0.717, 1.165) is 52.1 Å². The van der Waals surface area contributed by atoms with Gasteiger partial charge in [0, 0.05) is 50.9 Å². The second kappa shape index (κ2) is 8.44. The number of amides is 1. The van der Waals surface area contributed by atoms with Gasteiger partial charge in [-0.2, -0.15) is 0 Å². The maximum absolute atomic E-state index is 14.0. The molecule has 0 atom stereocenters. The molecule has 2 aliphatic heterocycles. The van der Waals surface area contributed by atoms with Crippen LogP contribution in [0.25, 0.3) is 0 Å². The molecule has 4 rings (SSSR count). The zero-order chi connectivity index (χ0) is 20.4. The minimum atomic E-state index is -0.181. The number of hydrogen-bond acceptors (Lipinski definition) is 3. The highest BCUT2D eigenvalue weighted by Gasteiger charge is 2.31. The molecule has 2 saturated heterocycles. The van der Waals surface area contributed by atoms with Crippen molar-refractivity contribution in [1.29, 1.82) is 0 Å². The highest BCUT2D eigenvalue weighted by atomic mass is 19.1. The lowest BCUT2D eigenvalue weighted by Crippen LogP contribution is -2.52. The van der Waals surface area contributed by atoms with Crippen molar-refractivity contribution < 1.29 is 9.18 Å². The quantitative estimate of drug-likeness (QED) is 0.786. The predicted octanol–water partition coefficient (Wildman–Crippen LogP) is 4.01. The number of piperazine rings is 1. The topological polar surface area (TPSA) is 26.8 Å². The van der Waals surface area contributed by atoms with Gasteiger partial charge in [0.05, 0.1) is 5.69 Å². The van der Waals surface area contributed by atoms with E-state index in [1.165, 1.54) is 22.9 Å². The number of rotatable bonds is 3. The second-order valence-corrected chi connectivity index (χ2v) is 8.24. The number of benzene rings is 2. The van der Waals surface area contributed by atoms with E-state index in [4.69, 9.17) is 0 Å². The van der Waals surface area contributed by atoms with E-state index in [1.54, 1.807) is 6.07 Å². The van der Waals surface area contributed by atoms with Crippen molar-refractivity contribution in [3.63, 3.8) is 0 Å². The fourth-order valence-corrected chi connectivity index (χ4v) is 4.58. The van der Waals surface area contributed by atoms with Crippen LogP contribution in [0.2, 0.25) is 0 Å². The molecule has 2 heterocycles. The normalized spacial score (nSPS) is 18.2. The SMILES string of the molecule is Cc1cccc(N2CCN(C(=O)C3CCN(c4ccccc4F)CC3)CC2)c1C. The first-order valence-electron chi connectivity index (χ1n) is 10.6. The maximum atomic E-state index is 14.0. The zero-order valence-electron chi connectivity index (χ0n) is 17.4. The van der Waals surface area contributed by atoms with Crippen LogP contribution in [-0.4, -0.2) is 50.1 Å². The number of carbonyl (C=O) groups is 1. The Morgan fingerprint density at radius 1 is 0.828 bits per heavy atom. The van der Waals surface area contributed by atoms with Crippen LogP contribution < -0.4 is 9.80 Å². The van der Waals surface area contributed by atoms with Gasteiger partial charge in [-0.1, -0.05) is 24.3 Å². The minimum Gasteiger partial charge on any atom is -0.369 e. The number of nitrogens with zero attached hydrogens (tertiary/aromatic N) is 3. The summed E-state index contributed by atoms with van der Waals surface area (Å²) in [6, 6.07) is 13.3. The molecule has 0 spiro atoms. The van der Waals surface area contributed by atoms with Crippen LogP contribution in [0, 0.1) is 25.6 Å². The number of halogens is 1. The summed E-state index contributed by atoms with van der Waals surface area (Å²) in [5.41, 5.74) is 4.58. The molecule has 1 amide bonds. The maximum Gasteiger partial charge on any atom is 0.225 e. The van der Waals surface area contributed by atoms with Crippen LogP contribution in [0.1, 0.15) is 24.0 Å². The Balaban J connectivity index is 1.31. The Hall–Kier alpha value is -2.56. The highest BCUT2D eigenvalue weighted by Crippen LogP contribution is 2.28. The largest absolute Gasteiger partial charge is 0.369 e. The Morgan fingerprint density at radius 3 is 2.14 bits per heavy atom. The number of aryl methyl sites for hydroxylation is 1. The molecule has 5 heteroatoms. The first-order valence-corrected chi connectivity index (χ1v) is 10.6. The first kappa shape index (κ1) is 19.7. The van der Waals surface area contributed by atoms with Crippen LogP contribution in [0.5, 0.6) is 0 Å². The van der Waals surface area contributed by atoms with Crippen LogP contribution in [-0.2, 0) is 4.79 Å². The number of piperidine rings is 1. The van der Waals surface area contributed by atoms with Crippen molar-refractivity contribution in [2.45, 2.75) is 26.7 Å². The molecule has 2 fully saturated rings. The van der Waals surface area contributed by atoms with E-state index in [0.29, 0.717) is 5.69 Å². The van der Waals surface area contributed by atoms with Crippen molar-refractivity contribution in [3.05, 3.63) is 59.4 Å². The molecule has 0 N–H and O–H groups in total. The zero-order valence-corrected chi connectivity index (χ0v) is 17.4. The molecule has 2 aromatic carbocycles. The monoisotopic (exact) mass is 395 g/mol. The molecule has 2 aliphatic rings. The van der Waals surface area contributed by atoms with Crippen molar-refractivity contribution in [2.24, 2.45) is 5.92 Å². The van der Waals surface area contributed by atoms with Gasteiger partial charge in [0.1, 0.15) is 5.82 Å². The summed E-state index contributed by atoms with van der Waals surface area (Å²) in [4.78, 5) is 19.5. The molecule has 0 radical (unpaired) electrons. The second-order valence-electron chi connectivity index (χ2n) is 8.24. The van der Waals surface area contributed by atoms with E-state index in [1.807, 2.05) is 17.0 Å². The molecule has 154 valence electrons. The van der Waals surface area contributed by atoms with Gasteiger partial charge in [0.2, 0.25) is 5.91 Å². The van der Waals surface area contributed by atoms with Crippen LogP contribution in [0.3, 0.4) is 0 Å². The predicted molar refractivity (Wildman–Crippen MR) is 116 cm³/mol. The van der Waals surface area contributed by atoms with Gasteiger partial charge in [-0.15, -0.1) is 0 Å². The van der Waals surface area contributed by atoms with Crippen molar-refractivity contribution in [1.82, 2.24) is 4.90 Å². The van der Waals surface area contributed by atoms with Crippen molar-refractivity contribution in [2.75, 3.05) is 49.1 Å². The van der Waals surface area contributed by atoms with Gasteiger partial charge in [-0.25, -0.2) is 4.39 Å². The molecule has 2 aromatic rings. The van der Waals surface area contributed by atoms with E-state index in [2.05, 4.69) is 41.8 Å². The third kappa shape index (κ3) is 4.09. The summed E-state index contributed by atoms with van der Waals surface area (Å²) in [6.07, 6.45) is 1.59. The molecule has 29 heavy (non-hydrogen) atoms. The van der Waals surface area contributed by atoms with E-state index >= 15 is 0 Å². The number of hydrogen-bond donors (Lipinski definition) is 0. The molecule has 0 aliphatic carbocycles. The summed E-state index contributed by atoms with van der Waals surface area (Å²) < 4.78 is 14.0. The molecule has 4 nitrogen and oxygen atoms in total. The Labute approximate surface area is 172 Å². The van der Waals surface area contributed by atoms with Gasteiger partial charge >= 0.3 is 0 Å². The van der Waals surface area contributed by atoms with Crippen molar-refractivity contribution >= 4 is 17.3 Å². The summed E-state index contributed by atoms with van der Waals surface area (Å²) in [5, 5.41) is 0. The van der Waals surface area contributed by atoms with Crippen molar-refractivity contribution in [3.8, 4) is 0 Å². The number of carbonyl (C=O) groups excluding carboxylic acids is 1. The van der Waals surface area contributed by atoms with E-state index in [9.17, 15) is 9.18 Å². The minimum absolute atomic E-state index is 0.0604. The lowest BCUT2D eigenvalue weighted by atomic mass is 9.94. The Bertz CT molecular complexity index is 868. The molecular weight excluding hydrogens is 365 g/mol. The van der Waals surface area contributed by atoms with Gasteiger partial charge in [0.25, 0.3) is 0 Å². The standard InChI is InChI=1S/C24H30FN3O/c1-18-6-5-9-22(19(18)2)27-14-16-28(17-15-27)24(29)20-10-12-26(13-11-20)23-8-4-3-7-21(23)25/h3-9,20H,10-17H2,1-2H3. The van der Waals surface area contributed by atoms with Crippen LogP contribution in [0.15, 0.2) is 42.5 Å². The fourth-order valence-electron chi connectivity index (χ4n) is 4.58.